The normalized spacial score (nSPS) is 19.2. The molecule has 450 valence electrons. The molecule has 0 unspecified atom stereocenters. The molecule has 9 atom stereocenters. The number of sulfonamides is 1. The third-order valence-electron chi connectivity index (χ3n) is 16.1. The van der Waals surface area contributed by atoms with E-state index < -0.39 is 81.5 Å². The molecule has 1 aromatic carbocycles. The van der Waals surface area contributed by atoms with Gasteiger partial charge in [-0.25, -0.2) is 17.9 Å². The van der Waals surface area contributed by atoms with Crippen LogP contribution < -0.4 is 20.1 Å². The minimum atomic E-state index is -3.99. The fourth-order valence-electron chi connectivity index (χ4n) is 11.3. The highest BCUT2D eigenvalue weighted by Gasteiger charge is 2.44. The Morgan fingerprint density at radius 1 is 0.812 bits per heavy atom. The Morgan fingerprint density at radius 3 is 2.01 bits per heavy atom. The molecule has 1 saturated carbocycles. The van der Waals surface area contributed by atoms with Crippen LogP contribution >= 0.6 is 23.5 Å². The number of carbonyl (C=O) groups excluding carboxylic acids is 6. The number of aromatic nitrogens is 3. The van der Waals surface area contributed by atoms with Crippen LogP contribution in [0.25, 0.3) is 0 Å². The summed E-state index contributed by atoms with van der Waals surface area (Å²) in [6.45, 7) is 15.5. The molecule has 3 N–H and O–H groups in total. The summed E-state index contributed by atoms with van der Waals surface area (Å²) in [5.74, 6) is -1.25. The van der Waals surface area contributed by atoms with Crippen molar-refractivity contribution in [1.29, 1.82) is 0 Å². The van der Waals surface area contributed by atoms with Crippen molar-refractivity contribution in [3.05, 3.63) is 41.2 Å². The van der Waals surface area contributed by atoms with Crippen LogP contribution in [-0.4, -0.2) is 194 Å². The summed E-state index contributed by atoms with van der Waals surface area (Å²) in [5, 5.41) is 14.0. The number of hydrogen-bond donors (Lipinski definition) is 3. The highest BCUT2D eigenvalue weighted by molar-refractivity contribution is 7.98. The molecule has 1 aliphatic carbocycles. The van der Waals surface area contributed by atoms with Gasteiger partial charge in [-0.15, -0.1) is 5.10 Å². The zero-order valence-electron chi connectivity index (χ0n) is 49.8. The lowest BCUT2D eigenvalue weighted by atomic mass is 9.89. The van der Waals surface area contributed by atoms with Crippen molar-refractivity contribution in [2.75, 3.05) is 67.5 Å². The number of carbonyl (C=O) groups is 6. The number of nitrogens with one attached hydrogen (secondary N) is 3. The van der Waals surface area contributed by atoms with Crippen LogP contribution in [0.3, 0.4) is 0 Å². The van der Waals surface area contributed by atoms with E-state index in [1.807, 2.05) is 65.2 Å². The first-order chi connectivity index (χ1) is 37.9. The molecule has 24 heteroatoms. The Bertz CT molecular complexity index is 2480. The molecule has 3 heterocycles. The number of likely N-dealkylation sites (tertiary alicyclic amines) is 2. The topological polar surface area (TPSA) is 244 Å². The first-order valence-electron chi connectivity index (χ1n) is 28.3. The number of ether oxygens (including phenoxy) is 3. The molecule has 0 spiro atoms. The van der Waals surface area contributed by atoms with Gasteiger partial charge in [0.05, 0.1) is 59.3 Å². The van der Waals surface area contributed by atoms with Crippen molar-refractivity contribution in [2.24, 2.45) is 29.6 Å². The van der Waals surface area contributed by atoms with Crippen LogP contribution in [-0.2, 0) is 67.9 Å². The first kappa shape index (κ1) is 66.3. The molecular formula is C56H92N10O11S3. The summed E-state index contributed by atoms with van der Waals surface area (Å²) in [6.07, 6.45) is 6.16. The number of thioether (sulfide) groups is 2. The average molecular weight is 1180 g/mol. The number of nitrogens with zero attached hydrogens (tertiary/aromatic N) is 7. The van der Waals surface area contributed by atoms with E-state index in [-0.39, 0.29) is 54.1 Å². The minimum Gasteiger partial charge on any atom is -0.410 e. The molecule has 0 bridgehead atoms. The van der Waals surface area contributed by atoms with Crippen molar-refractivity contribution in [2.45, 2.75) is 172 Å². The van der Waals surface area contributed by atoms with E-state index in [9.17, 15) is 37.2 Å². The Balaban J connectivity index is 1.24. The third-order valence-corrected chi connectivity index (χ3v) is 19.1. The molecule has 3 aliphatic rings. The number of benzene rings is 1. The standard InChI is InChI=1S/C56H92N10O11S3/c1-15-36(6)50(63(10)55(71)48(34(2)3)58-54(70)49(35(4)5)62(8)9)46(75-11)30-47(67)65-26-16-17-44(65)51(76-12)37(7)52(68)57-42(53(69)60-80(73,74)41-22-23-41)29-38-18-20-40(21-19-38)77-56(72)64-27-24-39(25-28-64)31-66-45(33-79-14)43(32-78-13)59-61-66/h18-21,34-37,39,41-42,44,46,48-51H,15-17,22-33H2,1-14H3,(H,57,68)(H,58,70)(H,60,69)/t36-,37+,42-,44-,46+,48-,49-,50-,51+/m0/s1. The second-order valence-corrected chi connectivity index (χ2v) is 26.6. The summed E-state index contributed by atoms with van der Waals surface area (Å²) >= 11 is 3.46. The smallest absolute Gasteiger partial charge is 0.410 e. The summed E-state index contributed by atoms with van der Waals surface area (Å²) in [4.78, 5) is 91.0. The van der Waals surface area contributed by atoms with Gasteiger partial charge in [-0.05, 0) is 106 Å². The van der Waals surface area contributed by atoms with E-state index in [2.05, 4.69) is 38.2 Å². The summed E-state index contributed by atoms with van der Waals surface area (Å²) in [7, 11) is 4.37. The van der Waals surface area contributed by atoms with Crippen LogP contribution in [0.15, 0.2) is 24.3 Å². The van der Waals surface area contributed by atoms with Crippen LogP contribution in [0.4, 0.5) is 4.79 Å². The second kappa shape index (κ2) is 30.7. The van der Waals surface area contributed by atoms with Gasteiger partial charge in [0, 0.05) is 65.4 Å². The van der Waals surface area contributed by atoms with Crippen LogP contribution in [0.1, 0.15) is 117 Å². The largest absolute Gasteiger partial charge is 0.415 e. The average Bonchev–Trinajstić information content (AvgIpc) is 4.09. The van der Waals surface area contributed by atoms with E-state index in [0.717, 1.165) is 42.3 Å². The molecule has 2 aliphatic heterocycles. The SMILES string of the molecule is CC[C@H](C)[C@@H]([C@@H](CC(=O)N1CCC[C@H]1[C@H](OC)[C@@H](C)C(=O)N[C@@H](Cc1ccc(OC(=O)N2CCC(Cn3nnc(CSC)c3CSC)CC2)cc1)C(=O)NS(=O)(=O)C1CC1)OC)N(C)C(=O)[C@@H](NC(=O)[C@H](C(C)C)N(C)C)C(C)C. The van der Waals surface area contributed by atoms with Gasteiger partial charge in [0.15, 0.2) is 0 Å². The zero-order valence-corrected chi connectivity index (χ0v) is 52.2. The lowest BCUT2D eigenvalue weighted by Gasteiger charge is -2.41. The Morgan fingerprint density at radius 2 is 1.46 bits per heavy atom. The predicted octanol–water partition coefficient (Wildman–Crippen LogP) is 5.20. The molecule has 80 heavy (non-hydrogen) atoms. The lowest BCUT2D eigenvalue weighted by molar-refractivity contribution is -0.148. The Hall–Kier alpha value is -4.49. The van der Waals surface area contributed by atoms with Gasteiger partial charge in [-0.3, -0.25) is 33.6 Å². The van der Waals surface area contributed by atoms with Gasteiger partial charge in [-0.1, -0.05) is 72.2 Å². The van der Waals surface area contributed by atoms with Crippen molar-refractivity contribution >= 4 is 69.2 Å². The van der Waals surface area contributed by atoms with Gasteiger partial charge in [0.2, 0.25) is 33.7 Å². The molecule has 21 nitrogen and oxygen atoms in total. The van der Waals surface area contributed by atoms with Crippen LogP contribution in [0.5, 0.6) is 5.75 Å². The van der Waals surface area contributed by atoms with Gasteiger partial charge in [-0.2, -0.15) is 23.5 Å². The number of amides is 6. The number of piperidine rings is 1. The number of likely N-dealkylation sites (N-methyl/N-ethyl adjacent to an activating group) is 2. The second-order valence-electron chi connectivity index (χ2n) is 22.9. The molecule has 2 saturated heterocycles. The van der Waals surface area contributed by atoms with Crippen molar-refractivity contribution < 1.29 is 51.4 Å². The lowest BCUT2D eigenvalue weighted by Crippen LogP contribution is -2.59. The van der Waals surface area contributed by atoms with Gasteiger partial charge >= 0.3 is 6.09 Å². The highest BCUT2D eigenvalue weighted by Crippen LogP contribution is 2.31. The monoisotopic (exact) mass is 1180 g/mol. The van der Waals surface area contributed by atoms with Crippen molar-refractivity contribution in [3.8, 4) is 5.75 Å². The number of hydrogen-bond acceptors (Lipinski definition) is 16. The molecule has 5 rings (SSSR count). The van der Waals surface area contributed by atoms with Gasteiger partial charge < -0.3 is 39.5 Å². The molecular weight excluding hydrogens is 1080 g/mol. The maximum atomic E-state index is 14.6. The fourth-order valence-corrected chi connectivity index (χ4v) is 13.7. The number of methoxy groups -OCH3 is 2. The fraction of sp³-hybridized carbons (Fsp3) is 0.750. The van der Waals surface area contributed by atoms with E-state index in [4.69, 9.17) is 14.2 Å². The summed E-state index contributed by atoms with van der Waals surface area (Å²) in [6, 6.07) is 2.84. The maximum absolute atomic E-state index is 14.6. The summed E-state index contributed by atoms with van der Waals surface area (Å²) < 4.78 is 48.2. The predicted molar refractivity (Wildman–Crippen MR) is 312 cm³/mol. The minimum absolute atomic E-state index is 0.000217. The van der Waals surface area contributed by atoms with Gasteiger partial charge in [0.1, 0.15) is 17.8 Å². The summed E-state index contributed by atoms with van der Waals surface area (Å²) in [5.41, 5.74) is 2.73. The molecule has 0 radical (unpaired) electrons. The first-order valence-corrected chi connectivity index (χ1v) is 32.6. The third kappa shape index (κ3) is 17.5. The Labute approximate surface area is 484 Å². The van der Waals surface area contributed by atoms with E-state index in [0.29, 0.717) is 63.2 Å². The van der Waals surface area contributed by atoms with E-state index >= 15 is 0 Å². The molecule has 2 aromatic rings. The van der Waals surface area contributed by atoms with E-state index in [1.54, 1.807) is 76.5 Å². The molecule has 6 amide bonds. The van der Waals surface area contributed by atoms with Crippen LogP contribution in [0, 0.1) is 29.6 Å². The molecule has 3 fully saturated rings. The molecule has 1 aromatic heterocycles. The maximum Gasteiger partial charge on any atom is 0.415 e. The quantitative estimate of drug-likeness (QED) is 0.0911. The highest BCUT2D eigenvalue weighted by atomic mass is 32.2. The van der Waals surface area contributed by atoms with Crippen molar-refractivity contribution in [1.82, 2.24) is 49.9 Å². The Kier molecular flexibility index (Phi) is 25.5. The number of rotatable bonds is 30. The van der Waals surface area contributed by atoms with E-state index in [1.165, 1.54) is 14.2 Å². The van der Waals surface area contributed by atoms with Gasteiger partial charge in [0.25, 0.3) is 5.91 Å². The van der Waals surface area contributed by atoms with Crippen LogP contribution in [0.2, 0.25) is 0 Å². The zero-order chi connectivity index (χ0) is 59.2. The van der Waals surface area contributed by atoms with Crippen molar-refractivity contribution in [3.63, 3.8) is 0 Å².